The zero-order chi connectivity index (χ0) is 17.0. The van der Waals surface area contributed by atoms with Crippen molar-refractivity contribution in [2.24, 2.45) is 0 Å². The lowest BCUT2D eigenvalue weighted by Crippen LogP contribution is -2.45. The molecule has 2 N–H and O–H groups in total. The third-order valence-electron chi connectivity index (χ3n) is 3.04. The van der Waals surface area contributed by atoms with Crippen molar-refractivity contribution in [3.8, 4) is 0 Å². The molecule has 0 aromatic heterocycles. The van der Waals surface area contributed by atoms with Crippen molar-refractivity contribution in [3.05, 3.63) is 0 Å². The van der Waals surface area contributed by atoms with E-state index in [0.29, 0.717) is 0 Å². The summed E-state index contributed by atoms with van der Waals surface area (Å²) in [6.07, 6.45) is -0.134. The summed E-state index contributed by atoms with van der Waals surface area (Å²) in [6, 6.07) is -0.667. The highest BCUT2D eigenvalue weighted by Crippen LogP contribution is 2.49. The smallest absolute Gasteiger partial charge is 0.324 e. The van der Waals surface area contributed by atoms with Crippen LogP contribution >= 0.6 is 7.60 Å². The quantitative estimate of drug-likeness (QED) is 0.457. The summed E-state index contributed by atoms with van der Waals surface area (Å²) in [5.41, 5.74) is -2.06. The first-order chi connectivity index (χ1) is 10.1. The minimum absolute atomic E-state index is 0.0585. The molecule has 1 aliphatic rings. The number of amides is 3. The molecule has 22 heavy (non-hydrogen) atoms. The Bertz CT molecular complexity index is 581. The van der Waals surface area contributed by atoms with Crippen molar-refractivity contribution in [3.63, 3.8) is 0 Å². The molecule has 1 heterocycles. The van der Waals surface area contributed by atoms with E-state index < -0.39 is 46.2 Å². The summed E-state index contributed by atoms with van der Waals surface area (Å²) < 4.78 is 46.4. The molecule has 0 aromatic rings. The Labute approximate surface area is 129 Å². The van der Waals surface area contributed by atoms with Gasteiger partial charge in [-0.3, -0.25) is 14.7 Å². The zero-order valence-corrected chi connectivity index (χ0v) is 14.5. The third-order valence-corrected chi connectivity index (χ3v) is 8.00. The molecule has 1 rings (SSSR count). The maximum absolute atomic E-state index is 12.2. The van der Waals surface area contributed by atoms with E-state index in [0.717, 1.165) is 0 Å². The number of hydrogen-bond acceptors (Lipinski definition) is 7. The highest BCUT2D eigenvalue weighted by molar-refractivity contribution is 7.97. The molecule has 0 radical (unpaired) electrons. The van der Waals surface area contributed by atoms with E-state index in [2.05, 4.69) is 5.32 Å². The number of carbonyl (C=O) groups is 2. The second-order valence-electron chi connectivity index (χ2n) is 5.01. The molecule has 0 unspecified atom stereocenters. The van der Waals surface area contributed by atoms with Gasteiger partial charge in [0.25, 0.3) is 5.91 Å². The van der Waals surface area contributed by atoms with Crippen LogP contribution in [0.3, 0.4) is 0 Å². The number of sulfone groups is 1. The molecule has 9 nitrogen and oxygen atoms in total. The molecule has 3 amide bonds. The van der Waals surface area contributed by atoms with E-state index in [1.54, 1.807) is 13.8 Å². The fourth-order valence-electron chi connectivity index (χ4n) is 1.93. The average Bonchev–Trinajstić information content (AvgIpc) is 2.61. The number of nitrogens with one attached hydrogen (secondary N) is 2. The first-order valence-corrected chi connectivity index (χ1v) is 10.3. The summed E-state index contributed by atoms with van der Waals surface area (Å²) in [5, 5.41) is 4.41. The monoisotopic (exact) mass is 356 g/mol. The second kappa shape index (κ2) is 7.08. The van der Waals surface area contributed by atoms with Crippen LogP contribution < -0.4 is 10.6 Å². The fraction of sp³-hybridized carbons (Fsp3) is 0.818. The molecule has 0 aliphatic carbocycles. The lowest BCUT2D eigenvalue weighted by atomic mass is 10.00. The van der Waals surface area contributed by atoms with Gasteiger partial charge in [0.2, 0.25) is 0 Å². The van der Waals surface area contributed by atoms with Crippen molar-refractivity contribution < 1.29 is 31.6 Å². The second-order valence-corrected chi connectivity index (χ2v) is 9.68. The first kappa shape index (κ1) is 19.1. The van der Waals surface area contributed by atoms with Gasteiger partial charge < -0.3 is 14.4 Å². The summed E-state index contributed by atoms with van der Waals surface area (Å²) in [5.74, 6) is -1.02. The van der Waals surface area contributed by atoms with Crippen LogP contribution in [0.1, 0.15) is 27.2 Å². The topological polar surface area (TPSA) is 128 Å². The van der Waals surface area contributed by atoms with Gasteiger partial charge in [0.05, 0.1) is 19.0 Å². The lowest BCUT2D eigenvalue weighted by Gasteiger charge is -2.21. The minimum Gasteiger partial charge on any atom is -0.324 e. The van der Waals surface area contributed by atoms with E-state index >= 15 is 0 Å². The van der Waals surface area contributed by atoms with Gasteiger partial charge in [-0.15, -0.1) is 0 Å². The molecular weight excluding hydrogens is 335 g/mol. The largest absolute Gasteiger partial charge is 0.345 e. The maximum atomic E-state index is 12.2. The average molecular weight is 356 g/mol. The molecule has 128 valence electrons. The summed E-state index contributed by atoms with van der Waals surface area (Å²) in [7, 11) is -7.52. The van der Waals surface area contributed by atoms with Gasteiger partial charge in [-0.05, 0) is 27.2 Å². The van der Waals surface area contributed by atoms with Gasteiger partial charge in [-0.25, -0.2) is 13.2 Å². The van der Waals surface area contributed by atoms with Crippen LogP contribution in [0.5, 0.6) is 0 Å². The van der Waals surface area contributed by atoms with Crippen molar-refractivity contribution in [2.75, 3.05) is 24.5 Å². The highest BCUT2D eigenvalue weighted by atomic mass is 32.2. The van der Waals surface area contributed by atoms with Crippen molar-refractivity contribution in [1.29, 1.82) is 0 Å². The van der Waals surface area contributed by atoms with Gasteiger partial charge in [0, 0.05) is 0 Å². The molecule has 1 fully saturated rings. The summed E-state index contributed by atoms with van der Waals surface area (Å²) in [6.45, 7) is 4.70. The molecule has 1 aliphatic heterocycles. The van der Waals surface area contributed by atoms with E-state index in [-0.39, 0.29) is 19.6 Å². The van der Waals surface area contributed by atoms with Gasteiger partial charge in [-0.2, -0.15) is 0 Å². The molecule has 11 heteroatoms. The standard InChI is InChI=1S/C11H21N2O7PS/c1-4-19-21(16,20-5-2)8-22(17,18)7-6-11(3)9(14)12-10(15)13-11/h4-8H2,1-3H3,(H2,12,13,14,15)/t11-/m0/s1. The Hall–Kier alpha value is -0.960. The van der Waals surface area contributed by atoms with E-state index in [9.17, 15) is 22.6 Å². The predicted molar refractivity (Wildman–Crippen MR) is 79.2 cm³/mol. The van der Waals surface area contributed by atoms with E-state index in [1.165, 1.54) is 6.92 Å². The number of carbonyl (C=O) groups excluding carboxylic acids is 2. The summed E-state index contributed by atoms with van der Waals surface area (Å²) in [4.78, 5) is 22.7. The maximum Gasteiger partial charge on any atom is 0.345 e. The van der Waals surface area contributed by atoms with Crippen LogP contribution in [0.25, 0.3) is 0 Å². The number of rotatable bonds is 9. The van der Waals surface area contributed by atoms with Crippen LogP contribution in [0.15, 0.2) is 0 Å². The Balaban J connectivity index is 2.73. The SMILES string of the molecule is CCOP(=O)(CS(=O)(=O)CC[C@]1(C)NC(=O)NC1=O)OCC. The molecule has 0 spiro atoms. The highest BCUT2D eigenvalue weighted by Gasteiger charge is 2.43. The van der Waals surface area contributed by atoms with E-state index in [1.807, 2.05) is 5.32 Å². The van der Waals surface area contributed by atoms with Crippen LogP contribution in [0, 0.1) is 0 Å². The minimum atomic E-state index is -3.79. The normalized spacial score (nSPS) is 22.5. The van der Waals surface area contributed by atoms with Crippen LogP contribution in [-0.4, -0.2) is 50.4 Å². The van der Waals surface area contributed by atoms with Gasteiger partial charge in [-0.1, -0.05) is 0 Å². The van der Waals surface area contributed by atoms with Crippen LogP contribution in [0.2, 0.25) is 0 Å². The van der Waals surface area contributed by atoms with Gasteiger partial charge in [0.1, 0.15) is 5.54 Å². The fourth-order valence-corrected chi connectivity index (χ4v) is 6.55. The molecule has 0 saturated carbocycles. The molecular formula is C11H21N2O7PS. The Morgan fingerprint density at radius 3 is 2.14 bits per heavy atom. The van der Waals surface area contributed by atoms with Crippen molar-refractivity contribution in [2.45, 2.75) is 32.7 Å². The van der Waals surface area contributed by atoms with Gasteiger partial charge in [0.15, 0.2) is 15.3 Å². The third kappa shape index (κ3) is 5.05. The van der Waals surface area contributed by atoms with Crippen LogP contribution in [-0.2, 0) is 28.2 Å². The van der Waals surface area contributed by atoms with Crippen molar-refractivity contribution >= 4 is 29.4 Å². The van der Waals surface area contributed by atoms with E-state index in [4.69, 9.17) is 9.05 Å². The molecule has 1 saturated heterocycles. The predicted octanol–water partition coefficient (Wildman–Crippen LogP) is 0.613. The first-order valence-electron chi connectivity index (χ1n) is 6.78. The summed E-state index contributed by atoms with van der Waals surface area (Å²) >= 11 is 0. The Kier molecular flexibility index (Phi) is 6.14. The molecule has 1 atom stereocenters. The Morgan fingerprint density at radius 2 is 1.73 bits per heavy atom. The number of hydrogen-bond donors (Lipinski definition) is 2. The van der Waals surface area contributed by atoms with Crippen LogP contribution in [0.4, 0.5) is 4.79 Å². The molecule has 0 aromatic carbocycles. The lowest BCUT2D eigenvalue weighted by molar-refractivity contribution is -0.123. The number of urea groups is 1. The Morgan fingerprint density at radius 1 is 1.18 bits per heavy atom. The van der Waals surface area contributed by atoms with Crippen molar-refractivity contribution in [1.82, 2.24) is 10.6 Å². The van der Waals surface area contributed by atoms with Gasteiger partial charge >= 0.3 is 13.6 Å². The molecule has 0 bridgehead atoms. The number of imide groups is 1. The zero-order valence-electron chi connectivity index (χ0n) is 12.7.